The first-order chi connectivity index (χ1) is 11.5. The molecule has 0 spiro atoms. The average Bonchev–Trinajstić information content (AvgIpc) is 3.21. The molecular formula is C17H25N3O3S. The molecule has 132 valence electrons. The standard InChI is InChI=1S/C17H25N3O3S/c1-2-10-20(15-8-9-18-12-15)17(21)13-4-3-5-16(11-13)24(22,23)19-14-6-7-14/h3-5,11,14-15,18-19H,2,6-10,12H2,1H3. The molecule has 1 saturated heterocycles. The zero-order valence-corrected chi connectivity index (χ0v) is 14.8. The van der Waals surface area contributed by atoms with Crippen LogP contribution in [0.3, 0.4) is 0 Å². The molecule has 3 rings (SSSR count). The van der Waals surface area contributed by atoms with Gasteiger partial charge in [-0.2, -0.15) is 0 Å². The minimum absolute atomic E-state index is 0.0514. The van der Waals surface area contributed by atoms with Crippen molar-refractivity contribution < 1.29 is 13.2 Å². The lowest BCUT2D eigenvalue weighted by Crippen LogP contribution is -2.42. The van der Waals surface area contributed by atoms with E-state index < -0.39 is 10.0 Å². The lowest BCUT2D eigenvalue weighted by molar-refractivity contribution is 0.0692. The predicted molar refractivity (Wildman–Crippen MR) is 92.4 cm³/mol. The zero-order valence-electron chi connectivity index (χ0n) is 14.0. The number of benzene rings is 1. The van der Waals surface area contributed by atoms with Crippen LogP contribution in [0.25, 0.3) is 0 Å². The molecule has 6 nitrogen and oxygen atoms in total. The van der Waals surface area contributed by atoms with Crippen LogP contribution in [0.5, 0.6) is 0 Å². The van der Waals surface area contributed by atoms with E-state index >= 15 is 0 Å². The lowest BCUT2D eigenvalue weighted by Gasteiger charge is -2.28. The van der Waals surface area contributed by atoms with Gasteiger partial charge in [-0.15, -0.1) is 0 Å². The quantitative estimate of drug-likeness (QED) is 0.777. The fourth-order valence-electron chi connectivity index (χ4n) is 3.05. The molecule has 0 aromatic heterocycles. The Balaban J connectivity index is 1.82. The van der Waals surface area contributed by atoms with Crippen molar-refractivity contribution in [3.8, 4) is 0 Å². The molecule has 1 saturated carbocycles. The molecule has 7 heteroatoms. The maximum absolute atomic E-state index is 12.9. The van der Waals surface area contributed by atoms with Crippen LogP contribution in [0.4, 0.5) is 0 Å². The molecule has 1 unspecified atom stereocenters. The molecule has 1 amide bonds. The summed E-state index contributed by atoms with van der Waals surface area (Å²) in [4.78, 5) is 15.0. The molecule has 24 heavy (non-hydrogen) atoms. The Kier molecular flexibility index (Phi) is 5.22. The Bertz CT molecular complexity index is 695. The summed E-state index contributed by atoms with van der Waals surface area (Å²) >= 11 is 0. The van der Waals surface area contributed by atoms with E-state index in [9.17, 15) is 13.2 Å². The van der Waals surface area contributed by atoms with E-state index in [1.165, 1.54) is 6.07 Å². The topological polar surface area (TPSA) is 78.5 Å². The first-order valence-corrected chi connectivity index (χ1v) is 10.1. The van der Waals surface area contributed by atoms with E-state index in [1.54, 1.807) is 18.2 Å². The third kappa shape index (κ3) is 3.96. The number of nitrogens with zero attached hydrogens (tertiary/aromatic N) is 1. The normalized spacial score (nSPS) is 21.0. The van der Waals surface area contributed by atoms with Crippen LogP contribution >= 0.6 is 0 Å². The van der Waals surface area contributed by atoms with Crippen LogP contribution in [0.15, 0.2) is 29.2 Å². The number of hydrogen-bond donors (Lipinski definition) is 2. The summed E-state index contributed by atoms with van der Waals surface area (Å²) < 4.78 is 27.4. The van der Waals surface area contributed by atoms with Crippen LogP contribution in [-0.4, -0.2) is 50.9 Å². The number of hydrogen-bond acceptors (Lipinski definition) is 4. The molecule has 1 aliphatic carbocycles. The third-order valence-corrected chi connectivity index (χ3v) is 6.01. The highest BCUT2D eigenvalue weighted by atomic mass is 32.2. The van der Waals surface area contributed by atoms with Gasteiger partial charge >= 0.3 is 0 Å². The molecule has 0 bridgehead atoms. The van der Waals surface area contributed by atoms with Gasteiger partial charge in [-0.05, 0) is 50.4 Å². The van der Waals surface area contributed by atoms with Crippen molar-refractivity contribution in [3.05, 3.63) is 29.8 Å². The van der Waals surface area contributed by atoms with Gasteiger partial charge in [-0.25, -0.2) is 13.1 Å². The van der Waals surface area contributed by atoms with Gasteiger partial charge in [0.15, 0.2) is 0 Å². The van der Waals surface area contributed by atoms with Crippen LogP contribution in [0.1, 0.15) is 43.0 Å². The number of carbonyl (C=O) groups excluding carboxylic acids is 1. The highest BCUT2D eigenvalue weighted by Gasteiger charge is 2.30. The van der Waals surface area contributed by atoms with Crippen molar-refractivity contribution in [1.82, 2.24) is 14.9 Å². The maximum Gasteiger partial charge on any atom is 0.254 e. The number of nitrogens with one attached hydrogen (secondary N) is 2. The number of sulfonamides is 1. The molecule has 2 N–H and O–H groups in total. The maximum atomic E-state index is 12.9. The van der Waals surface area contributed by atoms with Crippen LogP contribution in [-0.2, 0) is 10.0 Å². The summed E-state index contributed by atoms with van der Waals surface area (Å²) in [6.45, 7) is 4.44. The van der Waals surface area contributed by atoms with Gasteiger partial charge in [-0.1, -0.05) is 13.0 Å². The van der Waals surface area contributed by atoms with Gasteiger partial charge in [0, 0.05) is 30.7 Å². The van der Waals surface area contributed by atoms with E-state index in [2.05, 4.69) is 10.0 Å². The van der Waals surface area contributed by atoms with Gasteiger partial charge < -0.3 is 10.2 Å². The van der Waals surface area contributed by atoms with Crippen LogP contribution in [0, 0.1) is 0 Å². The summed E-state index contributed by atoms with van der Waals surface area (Å²) in [6.07, 6.45) is 3.59. The van der Waals surface area contributed by atoms with E-state index in [0.29, 0.717) is 12.1 Å². The highest BCUT2D eigenvalue weighted by Crippen LogP contribution is 2.23. The second-order valence-corrected chi connectivity index (χ2v) is 8.28. The second kappa shape index (κ2) is 7.21. The molecule has 2 fully saturated rings. The fraction of sp³-hybridized carbons (Fsp3) is 0.588. The molecule has 1 atom stereocenters. The second-order valence-electron chi connectivity index (χ2n) is 6.57. The SMILES string of the molecule is CCCN(C(=O)c1cccc(S(=O)(=O)NC2CC2)c1)C1CCNC1. The van der Waals surface area contributed by atoms with Gasteiger partial charge in [0.2, 0.25) is 10.0 Å². The number of carbonyl (C=O) groups is 1. The summed E-state index contributed by atoms with van der Waals surface area (Å²) in [5.74, 6) is -0.0889. The van der Waals surface area contributed by atoms with Gasteiger partial charge in [0.25, 0.3) is 5.91 Å². The molecule has 1 aromatic rings. The zero-order chi connectivity index (χ0) is 17.2. The largest absolute Gasteiger partial charge is 0.334 e. The molecule has 0 radical (unpaired) electrons. The first kappa shape index (κ1) is 17.4. The Morgan fingerprint density at radius 1 is 1.33 bits per heavy atom. The Morgan fingerprint density at radius 3 is 2.75 bits per heavy atom. The Hall–Kier alpha value is -1.44. The minimum atomic E-state index is -3.54. The number of amides is 1. The first-order valence-electron chi connectivity index (χ1n) is 8.65. The van der Waals surface area contributed by atoms with Gasteiger partial charge in [0.1, 0.15) is 0 Å². The summed E-state index contributed by atoms with van der Waals surface area (Å²) in [5.41, 5.74) is 0.439. The Labute approximate surface area is 143 Å². The van der Waals surface area contributed by atoms with E-state index in [0.717, 1.165) is 38.8 Å². The summed E-state index contributed by atoms with van der Waals surface area (Å²) in [5, 5.41) is 3.28. The molecule has 2 aliphatic rings. The predicted octanol–water partition coefficient (Wildman–Crippen LogP) is 1.34. The monoisotopic (exact) mass is 351 g/mol. The van der Waals surface area contributed by atoms with E-state index in [4.69, 9.17) is 0 Å². The lowest BCUT2D eigenvalue weighted by atomic mass is 10.1. The van der Waals surface area contributed by atoms with Gasteiger partial charge in [-0.3, -0.25) is 4.79 Å². The van der Waals surface area contributed by atoms with Crippen LogP contribution < -0.4 is 10.0 Å². The molecular weight excluding hydrogens is 326 g/mol. The van der Waals surface area contributed by atoms with E-state index in [-0.39, 0.29) is 22.9 Å². The Morgan fingerprint density at radius 2 is 2.12 bits per heavy atom. The van der Waals surface area contributed by atoms with Crippen molar-refractivity contribution in [2.24, 2.45) is 0 Å². The molecule has 1 heterocycles. The van der Waals surface area contributed by atoms with Crippen molar-refractivity contribution in [1.29, 1.82) is 0 Å². The van der Waals surface area contributed by atoms with E-state index in [1.807, 2.05) is 11.8 Å². The van der Waals surface area contributed by atoms with Crippen LogP contribution in [0.2, 0.25) is 0 Å². The molecule has 1 aliphatic heterocycles. The van der Waals surface area contributed by atoms with Crippen molar-refractivity contribution in [3.63, 3.8) is 0 Å². The van der Waals surface area contributed by atoms with Crippen molar-refractivity contribution in [2.45, 2.75) is 49.6 Å². The summed E-state index contributed by atoms with van der Waals surface area (Å²) in [7, 11) is -3.54. The fourth-order valence-corrected chi connectivity index (χ4v) is 4.40. The summed E-state index contributed by atoms with van der Waals surface area (Å²) in [6, 6.07) is 6.62. The molecule has 1 aromatic carbocycles. The van der Waals surface area contributed by atoms with Crippen molar-refractivity contribution >= 4 is 15.9 Å². The highest BCUT2D eigenvalue weighted by molar-refractivity contribution is 7.89. The van der Waals surface area contributed by atoms with Crippen molar-refractivity contribution in [2.75, 3.05) is 19.6 Å². The van der Waals surface area contributed by atoms with Gasteiger partial charge in [0.05, 0.1) is 4.90 Å². The number of rotatable bonds is 7. The smallest absolute Gasteiger partial charge is 0.254 e. The third-order valence-electron chi connectivity index (χ3n) is 4.49. The minimum Gasteiger partial charge on any atom is -0.334 e. The average molecular weight is 351 g/mol.